The molecule has 30 heavy (non-hydrogen) atoms. The first-order valence-electron chi connectivity index (χ1n) is 10.3. The number of nitrogens with zero attached hydrogens (tertiary/aromatic N) is 2. The minimum atomic E-state index is 0.261. The summed E-state index contributed by atoms with van der Waals surface area (Å²) in [7, 11) is 0. The molecule has 0 aliphatic carbocycles. The van der Waals surface area contributed by atoms with Crippen LogP contribution >= 0.6 is 11.6 Å². The summed E-state index contributed by atoms with van der Waals surface area (Å²) in [6.07, 6.45) is 3.93. The highest BCUT2D eigenvalue weighted by molar-refractivity contribution is 6.30. The van der Waals surface area contributed by atoms with Crippen LogP contribution in [0.4, 0.5) is 0 Å². The van der Waals surface area contributed by atoms with Crippen molar-refractivity contribution >= 4 is 22.6 Å². The number of unbranched alkanes of at least 4 members (excludes halogenated alkanes) is 3. The van der Waals surface area contributed by atoms with Crippen molar-refractivity contribution in [1.29, 1.82) is 0 Å². The third kappa shape index (κ3) is 4.66. The van der Waals surface area contributed by atoms with Crippen molar-refractivity contribution in [3.63, 3.8) is 0 Å². The minimum Gasteiger partial charge on any atom is -0.494 e. The van der Waals surface area contributed by atoms with Crippen LogP contribution in [0.1, 0.15) is 25.7 Å². The molecule has 0 unspecified atom stereocenters. The van der Waals surface area contributed by atoms with Gasteiger partial charge in [0.1, 0.15) is 11.6 Å². The Labute approximate surface area is 181 Å². The van der Waals surface area contributed by atoms with Gasteiger partial charge >= 0.3 is 0 Å². The molecule has 1 N–H and O–H groups in total. The Hall–Kier alpha value is -2.82. The predicted molar refractivity (Wildman–Crippen MR) is 123 cm³/mol. The third-order valence-electron chi connectivity index (χ3n) is 5.06. The molecule has 3 aromatic carbocycles. The average molecular weight is 421 g/mol. The monoisotopic (exact) mass is 420 g/mol. The maximum atomic E-state index is 8.87. The normalized spacial score (nSPS) is 11.1. The van der Waals surface area contributed by atoms with E-state index in [0.717, 1.165) is 59.5 Å². The second kappa shape index (κ2) is 9.79. The van der Waals surface area contributed by atoms with Crippen molar-refractivity contribution < 1.29 is 9.84 Å². The Morgan fingerprint density at radius 2 is 1.63 bits per heavy atom. The number of rotatable bonds is 9. The standard InChI is InChI=1S/C25H25ClN2O2/c26-20-12-10-19(11-13-20)25-27-23-15-14-22(30-17-7-2-1-6-16-29)18-24(23)28(25)21-8-4-3-5-9-21/h3-5,8-15,18,29H,1-2,6-7,16-17H2. The van der Waals surface area contributed by atoms with E-state index < -0.39 is 0 Å². The van der Waals surface area contributed by atoms with E-state index in [1.54, 1.807) is 0 Å². The predicted octanol–water partition coefficient (Wildman–Crippen LogP) is 6.28. The molecule has 0 amide bonds. The van der Waals surface area contributed by atoms with Crippen LogP contribution in [0.25, 0.3) is 28.1 Å². The van der Waals surface area contributed by atoms with E-state index >= 15 is 0 Å². The zero-order valence-corrected chi connectivity index (χ0v) is 17.6. The average Bonchev–Trinajstić information content (AvgIpc) is 3.16. The summed E-state index contributed by atoms with van der Waals surface area (Å²) in [5.41, 5.74) is 3.97. The Balaban J connectivity index is 1.67. The molecule has 0 aliphatic heterocycles. The quantitative estimate of drug-likeness (QED) is 0.324. The number of aromatic nitrogens is 2. The van der Waals surface area contributed by atoms with Crippen molar-refractivity contribution in [2.75, 3.05) is 13.2 Å². The number of aliphatic hydroxyl groups is 1. The highest BCUT2D eigenvalue weighted by atomic mass is 35.5. The second-order valence-corrected chi connectivity index (χ2v) is 7.69. The van der Waals surface area contributed by atoms with Gasteiger partial charge < -0.3 is 9.84 Å². The van der Waals surface area contributed by atoms with Gasteiger partial charge in [0.25, 0.3) is 0 Å². The lowest BCUT2D eigenvalue weighted by Crippen LogP contribution is -1.99. The molecule has 4 aromatic rings. The molecule has 0 saturated heterocycles. The molecule has 0 aliphatic rings. The number of imidazole rings is 1. The SMILES string of the molecule is OCCCCCCOc1ccc2nc(-c3ccc(Cl)cc3)n(-c3ccccc3)c2c1. The fourth-order valence-corrected chi connectivity index (χ4v) is 3.66. The van der Waals surface area contributed by atoms with Gasteiger partial charge in [0.05, 0.1) is 17.6 Å². The van der Waals surface area contributed by atoms with Gasteiger partial charge in [-0.25, -0.2) is 4.98 Å². The number of halogens is 1. The van der Waals surface area contributed by atoms with E-state index in [9.17, 15) is 0 Å². The zero-order chi connectivity index (χ0) is 20.8. The van der Waals surface area contributed by atoms with Gasteiger partial charge in [-0.3, -0.25) is 4.57 Å². The largest absolute Gasteiger partial charge is 0.494 e. The van der Waals surface area contributed by atoms with Gasteiger partial charge in [-0.2, -0.15) is 0 Å². The second-order valence-electron chi connectivity index (χ2n) is 7.25. The van der Waals surface area contributed by atoms with Gasteiger partial charge in [-0.1, -0.05) is 36.2 Å². The number of aliphatic hydroxyl groups excluding tert-OH is 1. The molecule has 154 valence electrons. The van der Waals surface area contributed by atoms with Crippen LogP contribution in [0.3, 0.4) is 0 Å². The highest BCUT2D eigenvalue weighted by Gasteiger charge is 2.15. The van der Waals surface area contributed by atoms with Crippen LogP contribution in [0.2, 0.25) is 5.02 Å². The van der Waals surface area contributed by atoms with E-state index in [0.29, 0.717) is 11.6 Å². The van der Waals surface area contributed by atoms with Crippen LogP contribution in [0.5, 0.6) is 5.75 Å². The number of fused-ring (bicyclic) bond motifs is 1. The highest BCUT2D eigenvalue weighted by Crippen LogP contribution is 2.31. The zero-order valence-electron chi connectivity index (χ0n) is 16.8. The number of ether oxygens (including phenoxy) is 1. The fraction of sp³-hybridized carbons (Fsp3) is 0.240. The molecule has 0 radical (unpaired) electrons. The first-order chi connectivity index (χ1) is 14.8. The molecular formula is C25H25ClN2O2. The van der Waals surface area contributed by atoms with E-state index in [-0.39, 0.29) is 6.61 Å². The van der Waals surface area contributed by atoms with Crippen LogP contribution in [-0.2, 0) is 0 Å². The van der Waals surface area contributed by atoms with Crippen LogP contribution < -0.4 is 4.74 Å². The van der Waals surface area contributed by atoms with Crippen molar-refractivity contribution in [2.45, 2.75) is 25.7 Å². The maximum Gasteiger partial charge on any atom is 0.145 e. The van der Waals surface area contributed by atoms with E-state index in [4.69, 9.17) is 26.4 Å². The van der Waals surface area contributed by atoms with Gasteiger partial charge in [0.2, 0.25) is 0 Å². The summed E-state index contributed by atoms with van der Waals surface area (Å²) in [6.45, 7) is 0.928. The molecule has 0 bridgehead atoms. The Morgan fingerprint density at radius 3 is 2.40 bits per heavy atom. The van der Waals surface area contributed by atoms with Crippen molar-refractivity contribution in [3.05, 3.63) is 77.8 Å². The van der Waals surface area contributed by atoms with Gasteiger partial charge in [0.15, 0.2) is 0 Å². The molecule has 4 nitrogen and oxygen atoms in total. The Bertz CT molecular complexity index is 1090. The molecule has 0 saturated carbocycles. The number of para-hydroxylation sites is 1. The number of hydrogen-bond acceptors (Lipinski definition) is 3. The molecule has 5 heteroatoms. The molecule has 1 aromatic heterocycles. The molecule has 0 atom stereocenters. The van der Waals surface area contributed by atoms with Gasteiger partial charge in [0, 0.05) is 28.9 Å². The van der Waals surface area contributed by atoms with Crippen molar-refractivity contribution in [2.24, 2.45) is 0 Å². The van der Waals surface area contributed by atoms with Crippen LogP contribution in [-0.4, -0.2) is 27.9 Å². The molecule has 0 spiro atoms. The van der Waals surface area contributed by atoms with Crippen molar-refractivity contribution in [3.8, 4) is 22.8 Å². The first kappa shape index (κ1) is 20.5. The number of hydrogen-bond donors (Lipinski definition) is 1. The molecule has 1 heterocycles. The molecule has 0 fully saturated rings. The lowest BCUT2D eigenvalue weighted by Gasteiger charge is -2.11. The first-order valence-corrected chi connectivity index (χ1v) is 10.7. The van der Waals surface area contributed by atoms with E-state index in [1.807, 2.05) is 54.6 Å². The van der Waals surface area contributed by atoms with Gasteiger partial charge in [-0.05, 0) is 67.8 Å². The number of benzene rings is 3. The Kier molecular flexibility index (Phi) is 6.67. The minimum absolute atomic E-state index is 0.261. The maximum absolute atomic E-state index is 8.87. The summed E-state index contributed by atoms with van der Waals surface area (Å²) in [5.74, 6) is 1.71. The smallest absolute Gasteiger partial charge is 0.145 e. The lowest BCUT2D eigenvalue weighted by atomic mass is 10.2. The lowest BCUT2D eigenvalue weighted by molar-refractivity contribution is 0.273. The Morgan fingerprint density at radius 1 is 0.867 bits per heavy atom. The van der Waals surface area contributed by atoms with Crippen molar-refractivity contribution in [1.82, 2.24) is 9.55 Å². The van der Waals surface area contributed by atoms with E-state index in [2.05, 4.69) is 22.8 Å². The summed E-state index contributed by atoms with van der Waals surface area (Å²) >= 11 is 6.09. The summed E-state index contributed by atoms with van der Waals surface area (Å²) < 4.78 is 8.15. The molecular weight excluding hydrogens is 396 g/mol. The summed E-state index contributed by atoms with van der Waals surface area (Å²) in [6, 6.07) is 24.0. The third-order valence-corrected chi connectivity index (χ3v) is 5.32. The molecule has 4 rings (SSSR count). The topological polar surface area (TPSA) is 47.3 Å². The van der Waals surface area contributed by atoms with Gasteiger partial charge in [-0.15, -0.1) is 0 Å². The van der Waals surface area contributed by atoms with E-state index in [1.165, 1.54) is 0 Å². The summed E-state index contributed by atoms with van der Waals surface area (Å²) in [5, 5.41) is 9.58. The van der Waals surface area contributed by atoms with Crippen LogP contribution in [0.15, 0.2) is 72.8 Å². The van der Waals surface area contributed by atoms with Crippen LogP contribution in [0, 0.1) is 0 Å². The fourth-order valence-electron chi connectivity index (χ4n) is 3.53. The summed E-state index contributed by atoms with van der Waals surface area (Å²) in [4.78, 5) is 4.90.